The predicted molar refractivity (Wildman–Crippen MR) is 159 cm³/mol. The van der Waals surface area contributed by atoms with Gasteiger partial charge in [0, 0.05) is 63.0 Å². The first-order valence-electron chi connectivity index (χ1n) is 14.5. The highest BCUT2D eigenvalue weighted by atomic mass is 32.1. The first-order valence-corrected chi connectivity index (χ1v) is 15.3. The normalized spacial score (nSPS) is 18.1. The van der Waals surface area contributed by atoms with Crippen LogP contribution in [-0.4, -0.2) is 95.2 Å². The number of nitrogens with zero attached hydrogens (tertiary/aromatic N) is 6. The van der Waals surface area contributed by atoms with Crippen LogP contribution >= 0.6 is 11.3 Å². The van der Waals surface area contributed by atoms with Crippen molar-refractivity contribution >= 4 is 33.1 Å². The smallest absolute Gasteiger partial charge is 0.253 e. The number of aromatic amines is 1. The predicted octanol–water partition coefficient (Wildman–Crippen LogP) is 3.76. The van der Waals surface area contributed by atoms with Crippen LogP contribution < -0.4 is 9.64 Å². The van der Waals surface area contributed by atoms with Gasteiger partial charge in [-0.25, -0.2) is 9.97 Å². The van der Waals surface area contributed by atoms with Crippen LogP contribution in [0.1, 0.15) is 40.3 Å². The van der Waals surface area contributed by atoms with Crippen molar-refractivity contribution in [2.24, 2.45) is 0 Å². The fourth-order valence-electron chi connectivity index (χ4n) is 6.10. The van der Waals surface area contributed by atoms with Crippen LogP contribution in [0, 0.1) is 0 Å². The highest BCUT2D eigenvalue weighted by molar-refractivity contribution is 7.22. The number of carbonyl (C=O) groups excluding carboxylic acids is 1. The van der Waals surface area contributed by atoms with Gasteiger partial charge in [-0.1, -0.05) is 0 Å². The SMILES string of the molecule is COc1ccc(N2CCOCC2)c2sc(-c3nc4c([nH]3)CCN(C(=O)c3ccnc(CN5CCCC5)c3)CC4)nc12. The number of H-pyrrole nitrogens is 1. The van der Waals surface area contributed by atoms with E-state index in [-0.39, 0.29) is 5.91 Å². The van der Waals surface area contributed by atoms with Crippen molar-refractivity contribution in [3.05, 3.63) is 53.1 Å². The zero-order valence-electron chi connectivity index (χ0n) is 23.4. The maximum absolute atomic E-state index is 13.4. The van der Waals surface area contributed by atoms with Gasteiger partial charge in [-0.05, 0) is 50.2 Å². The van der Waals surface area contributed by atoms with Crippen LogP contribution in [0.2, 0.25) is 0 Å². The molecule has 0 radical (unpaired) electrons. The number of amides is 1. The standard InChI is InChI=1S/C30H35N7O3S/c1-39-25-5-4-24(36-14-16-40-17-15-36)27-26(25)34-29(41-27)28-32-22-7-12-37(13-8-23(22)33-28)30(38)20-6-9-31-21(18-20)19-35-10-2-3-11-35/h4-6,9,18H,2-3,7-8,10-17,19H2,1H3,(H,32,33). The summed E-state index contributed by atoms with van der Waals surface area (Å²) < 4.78 is 12.3. The highest BCUT2D eigenvalue weighted by Gasteiger charge is 2.25. The minimum absolute atomic E-state index is 0.0642. The lowest BCUT2D eigenvalue weighted by molar-refractivity contribution is 0.0762. The summed E-state index contributed by atoms with van der Waals surface area (Å²) in [5.74, 6) is 1.61. The highest BCUT2D eigenvalue weighted by Crippen LogP contribution is 2.40. The molecule has 0 unspecified atom stereocenters. The number of hydrogen-bond acceptors (Lipinski definition) is 9. The van der Waals surface area contributed by atoms with E-state index in [9.17, 15) is 4.79 Å². The van der Waals surface area contributed by atoms with Crippen LogP contribution in [0.25, 0.3) is 21.0 Å². The largest absolute Gasteiger partial charge is 0.494 e. The van der Waals surface area contributed by atoms with Crippen molar-refractivity contribution in [1.82, 2.24) is 29.7 Å². The lowest BCUT2D eigenvalue weighted by Crippen LogP contribution is -2.36. The molecule has 11 heteroatoms. The Bertz CT molecular complexity index is 1530. The fourth-order valence-corrected chi connectivity index (χ4v) is 7.17. The third-order valence-electron chi connectivity index (χ3n) is 8.31. The summed E-state index contributed by atoms with van der Waals surface area (Å²) in [5, 5.41) is 0.849. The Morgan fingerprint density at radius 1 is 1.05 bits per heavy atom. The van der Waals surface area contributed by atoms with Gasteiger partial charge >= 0.3 is 0 Å². The number of methoxy groups -OCH3 is 1. The first kappa shape index (κ1) is 26.4. The quantitative estimate of drug-likeness (QED) is 0.372. The lowest BCUT2D eigenvalue weighted by atomic mass is 10.2. The minimum atomic E-state index is 0.0642. The Balaban J connectivity index is 1.08. The molecule has 1 N–H and O–H groups in total. The number of ether oxygens (including phenoxy) is 2. The molecule has 0 aliphatic carbocycles. The summed E-state index contributed by atoms with van der Waals surface area (Å²) in [7, 11) is 1.69. The van der Waals surface area contributed by atoms with Crippen molar-refractivity contribution < 1.29 is 14.3 Å². The van der Waals surface area contributed by atoms with Gasteiger partial charge in [0.1, 0.15) is 11.3 Å². The third kappa shape index (κ3) is 5.29. The molecule has 214 valence electrons. The number of thiazole rings is 1. The molecule has 3 aliphatic rings. The molecule has 0 spiro atoms. The number of hydrogen-bond donors (Lipinski definition) is 1. The van der Waals surface area contributed by atoms with E-state index in [4.69, 9.17) is 19.4 Å². The number of carbonyl (C=O) groups is 1. The number of nitrogens with one attached hydrogen (secondary N) is 1. The Morgan fingerprint density at radius 3 is 2.71 bits per heavy atom. The summed E-state index contributed by atoms with van der Waals surface area (Å²) in [6.45, 7) is 7.48. The van der Waals surface area contributed by atoms with Crippen molar-refractivity contribution in [3.63, 3.8) is 0 Å². The van der Waals surface area contributed by atoms with Crippen LogP contribution in [0.4, 0.5) is 5.69 Å². The Hall–Kier alpha value is -3.54. The molecule has 41 heavy (non-hydrogen) atoms. The van der Waals surface area contributed by atoms with Gasteiger partial charge in [-0.15, -0.1) is 11.3 Å². The minimum Gasteiger partial charge on any atom is -0.494 e. The topological polar surface area (TPSA) is 99.7 Å². The molecular weight excluding hydrogens is 538 g/mol. The van der Waals surface area contributed by atoms with Gasteiger partial charge in [0.05, 0.1) is 42.1 Å². The molecule has 6 heterocycles. The van der Waals surface area contributed by atoms with Crippen LogP contribution in [-0.2, 0) is 24.1 Å². The number of aromatic nitrogens is 4. The Labute approximate surface area is 243 Å². The van der Waals surface area contributed by atoms with E-state index in [0.717, 1.165) is 102 Å². The maximum atomic E-state index is 13.4. The number of imidazole rings is 1. The average Bonchev–Trinajstić information content (AvgIpc) is 3.75. The second kappa shape index (κ2) is 11.4. The van der Waals surface area contributed by atoms with Gasteiger partial charge in [0.25, 0.3) is 5.91 Å². The molecule has 10 nitrogen and oxygen atoms in total. The summed E-state index contributed by atoms with van der Waals surface area (Å²) in [5.41, 5.74) is 5.80. The zero-order chi connectivity index (χ0) is 27.8. The fraction of sp³-hybridized carbons (Fsp3) is 0.467. The van der Waals surface area contributed by atoms with E-state index in [2.05, 4.69) is 25.8 Å². The van der Waals surface area contributed by atoms with Gasteiger partial charge in [0.15, 0.2) is 10.8 Å². The summed E-state index contributed by atoms with van der Waals surface area (Å²) in [6, 6.07) is 7.92. The summed E-state index contributed by atoms with van der Waals surface area (Å²) in [4.78, 5) is 38.2. The first-order chi connectivity index (χ1) is 20.2. The second-order valence-electron chi connectivity index (χ2n) is 10.9. The van der Waals surface area contributed by atoms with E-state index in [0.29, 0.717) is 25.1 Å². The number of anilines is 1. The Kier molecular flexibility index (Phi) is 7.32. The molecule has 0 bridgehead atoms. The van der Waals surface area contributed by atoms with E-state index in [1.165, 1.54) is 12.8 Å². The molecule has 3 aromatic heterocycles. The number of fused-ring (bicyclic) bond motifs is 2. The molecule has 4 aromatic rings. The number of pyridine rings is 1. The number of likely N-dealkylation sites (tertiary alicyclic amines) is 1. The van der Waals surface area contributed by atoms with Crippen molar-refractivity contribution in [2.75, 3.05) is 64.5 Å². The van der Waals surface area contributed by atoms with Crippen LogP contribution in [0.3, 0.4) is 0 Å². The van der Waals surface area contributed by atoms with Gasteiger partial charge < -0.3 is 24.3 Å². The van der Waals surface area contributed by atoms with E-state index in [1.54, 1.807) is 24.6 Å². The van der Waals surface area contributed by atoms with E-state index < -0.39 is 0 Å². The number of benzene rings is 1. The summed E-state index contributed by atoms with van der Waals surface area (Å²) >= 11 is 1.64. The molecule has 1 aromatic carbocycles. The molecule has 1 amide bonds. The average molecular weight is 574 g/mol. The second-order valence-corrected chi connectivity index (χ2v) is 11.9. The number of morpholine rings is 1. The zero-order valence-corrected chi connectivity index (χ0v) is 24.2. The lowest BCUT2D eigenvalue weighted by Gasteiger charge is -2.29. The van der Waals surface area contributed by atoms with Gasteiger partial charge in [0.2, 0.25) is 0 Å². The molecule has 0 saturated carbocycles. The van der Waals surface area contributed by atoms with E-state index >= 15 is 0 Å². The molecule has 7 rings (SSSR count). The van der Waals surface area contributed by atoms with Gasteiger partial charge in [-0.3, -0.25) is 14.7 Å². The summed E-state index contributed by atoms with van der Waals surface area (Å²) in [6.07, 6.45) is 5.68. The maximum Gasteiger partial charge on any atom is 0.253 e. The van der Waals surface area contributed by atoms with Crippen LogP contribution in [0.15, 0.2) is 30.5 Å². The molecular formula is C30H35N7O3S. The third-order valence-corrected chi connectivity index (χ3v) is 9.39. The van der Waals surface area contributed by atoms with Crippen molar-refractivity contribution in [1.29, 1.82) is 0 Å². The molecule has 0 atom stereocenters. The van der Waals surface area contributed by atoms with Crippen molar-refractivity contribution in [3.8, 4) is 16.6 Å². The number of rotatable bonds is 6. The molecule has 2 saturated heterocycles. The molecule has 2 fully saturated rings. The van der Waals surface area contributed by atoms with Crippen LogP contribution in [0.5, 0.6) is 5.75 Å². The van der Waals surface area contributed by atoms with E-state index in [1.807, 2.05) is 23.1 Å². The van der Waals surface area contributed by atoms with Gasteiger partial charge in [-0.2, -0.15) is 0 Å². The Morgan fingerprint density at radius 2 is 1.88 bits per heavy atom. The monoisotopic (exact) mass is 573 g/mol. The molecule has 3 aliphatic heterocycles. The van der Waals surface area contributed by atoms with Crippen molar-refractivity contribution in [2.45, 2.75) is 32.2 Å².